The Bertz CT molecular complexity index is 1300. The lowest BCUT2D eigenvalue weighted by Gasteiger charge is -2.10. The topological polar surface area (TPSA) is 101 Å². The van der Waals surface area contributed by atoms with Gasteiger partial charge < -0.3 is 10.4 Å². The van der Waals surface area contributed by atoms with Crippen molar-refractivity contribution in [1.82, 2.24) is 9.55 Å². The molecule has 0 saturated heterocycles. The van der Waals surface area contributed by atoms with E-state index in [2.05, 4.69) is 10.3 Å². The molecule has 0 fully saturated rings. The summed E-state index contributed by atoms with van der Waals surface area (Å²) in [6, 6.07) is 13.3. The van der Waals surface area contributed by atoms with Gasteiger partial charge in [0.05, 0.1) is 11.7 Å². The van der Waals surface area contributed by atoms with Crippen LogP contribution in [0.5, 0.6) is 0 Å². The standard InChI is InChI=1S/C20H15N3O4S/c1-11-16-18(28-17(11)20(26)27)21-10-23(19(16)25)9-15(24)22-14-8-4-6-12-5-2-3-7-13(12)14/h2-8,10H,9H2,1H3,(H,22,24)(H,26,27). The third-order valence-electron chi connectivity index (χ3n) is 4.49. The van der Waals surface area contributed by atoms with E-state index in [-0.39, 0.29) is 22.7 Å². The highest BCUT2D eigenvalue weighted by molar-refractivity contribution is 7.20. The molecule has 4 aromatic rings. The third kappa shape index (κ3) is 3.03. The molecule has 0 saturated carbocycles. The van der Waals surface area contributed by atoms with Gasteiger partial charge in [0.2, 0.25) is 5.91 Å². The van der Waals surface area contributed by atoms with Gasteiger partial charge in [-0.1, -0.05) is 36.4 Å². The Balaban J connectivity index is 1.65. The van der Waals surface area contributed by atoms with E-state index in [9.17, 15) is 19.5 Å². The summed E-state index contributed by atoms with van der Waals surface area (Å²) in [5, 5.41) is 14.2. The van der Waals surface area contributed by atoms with Crippen molar-refractivity contribution in [2.24, 2.45) is 0 Å². The number of nitrogens with one attached hydrogen (secondary N) is 1. The molecule has 7 nitrogen and oxygen atoms in total. The predicted molar refractivity (Wildman–Crippen MR) is 108 cm³/mol. The van der Waals surface area contributed by atoms with Crippen molar-refractivity contribution in [3.8, 4) is 0 Å². The number of hydrogen-bond donors (Lipinski definition) is 2. The van der Waals surface area contributed by atoms with E-state index >= 15 is 0 Å². The number of carbonyl (C=O) groups excluding carboxylic acids is 1. The van der Waals surface area contributed by atoms with Gasteiger partial charge in [0.25, 0.3) is 5.56 Å². The van der Waals surface area contributed by atoms with Crippen LogP contribution in [0.3, 0.4) is 0 Å². The highest BCUT2D eigenvalue weighted by Crippen LogP contribution is 2.26. The van der Waals surface area contributed by atoms with Crippen molar-refractivity contribution >= 4 is 49.9 Å². The first-order chi connectivity index (χ1) is 13.5. The Labute approximate surface area is 162 Å². The van der Waals surface area contributed by atoms with Crippen LogP contribution in [0, 0.1) is 6.92 Å². The van der Waals surface area contributed by atoms with E-state index in [1.807, 2.05) is 36.4 Å². The Morgan fingerprint density at radius 1 is 1.18 bits per heavy atom. The highest BCUT2D eigenvalue weighted by atomic mass is 32.1. The average Bonchev–Trinajstić information content (AvgIpc) is 3.02. The zero-order valence-electron chi connectivity index (χ0n) is 14.8. The van der Waals surface area contributed by atoms with Crippen molar-refractivity contribution in [3.05, 3.63) is 69.6 Å². The minimum Gasteiger partial charge on any atom is -0.477 e. The fourth-order valence-electron chi connectivity index (χ4n) is 3.15. The van der Waals surface area contributed by atoms with Crippen molar-refractivity contribution < 1.29 is 14.7 Å². The maximum absolute atomic E-state index is 12.7. The second-order valence-corrected chi connectivity index (χ2v) is 7.29. The van der Waals surface area contributed by atoms with Crippen LogP contribution in [-0.2, 0) is 11.3 Å². The minimum absolute atomic E-state index is 0.0811. The fourth-order valence-corrected chi connectivity index (χ4v) is 4.13. The Morgan fingerprint density at radius 2 is 1.93 bits per heavy atom. The van der Waals surface area contributed by atoms with Gasteiger partial charge in [0.15, 0.2) is 0 Å². The maximum Gasteiger partial charge on any atom is 0.346 e. The van der Waals surface area contributed by atoms with Gasteiger partial charge in [-0.3, -0.25) is 14.2 Å². The summed E-state index contributed by atoms with van der Waals surface area (Å²) < 4.78 is 1.19. The fraction of sp³-hybridized carbons (Fsp3) is 0.100. The second-order valence-electron chi connectivity index (χ2n) is 6.29. The SMILES string of the molecule is Cc1c(C(=O)O)sc2ncn(CC(=O)Nc3cccc4ccccc34)c(=O)c12. The molecule has 2 heterocycles. The number of aryl methyl sites for hydroxylation is 1. The molecular weight excluding hydrogens is 378 g/mol. The van der Waals surface area contributed by atoms with Crippen LogP contribution in [0.4, 0.5) is 5.69 Å². The van der Waals surface area contributed by atoms with Crippen LogP contribution in [0.1, 0.15) is 15.2 Å². The predicted octanol–water partition coefficient (Wildman–Crippen LogP) is 3.26. The van der Waals surface area contributed by atoms with Crippen LogP contribution in [0.2, 0.25) is 0 Å². The summed E-state index contributed by atoms with van der Waals surface area (Å²) in [4.78, 5) is 41.1. The van der Waals surface area contributed by atoms with Gasteiger partial charge in [-0.2, -0.15) is 0 Å². The van der Waals surface area contributed by atoms with Gasteiger partial charge in [0.1, 0.15) is 16.3 Å². The summed E-state index contributed by atoms with van der Waals surface area (Å²) in [5.41, 5.74) is 0.596. The van der Waals surface area contributed by atoms with E-state index in [1.54, 1.807) is 13.0 Å². The number of nitrogens with zero attached hydrogens (tertiary/aromatic N) is 2. The molecule has 2 N–H and O–H groups in total. The van der Waals surface area contributed by atoms with Gasteiger partial charge in [-0.05, 0) is 23.9 Å². The molecule has 0 radical (unpaired) electrons. The van der Waals surface area contributed by atoms with Crippen molar-refractivity contribution in [2.75, 3.05) is 5.32 Å². The van der Waals surface area contributed by atoms with Crippen LogP contribution in [0.25, 0.3) is 21.0 Å². The molecule has 28 heavy (non-hydrogen) atoms. The summed E-state index contributed by atoms with van der Waals surface area (Å²) in [6.07, 6.45) is 1.27. The number of fused-ring (bicyclic) bond motifs is 2. The summed E-state index contributed by atoms with van der Waals surface area (Å²) in [7, 11) is 0. The third-order valence-corrected chi connectivity index (χ3v) is 5.68. The molecule has 0 spiro atoms. The lowest BCUT2D eigenvalue weighted by atomic mass is 10.1. The highest BCUT2D eigenvalue weighted by Gasteiger charge is 2.19. The van der Waals surface area contributed by atoms with Crippen LogP contribution >= 0.6 is 11.3 Å². The zero-order chi connectivity index (χ0) is 19.8. The number of hydrogen-bond acceptors (Lipinski definition) is 5. The van der Waals surface area contributed by atoms with E-state index in [4.69, 9.17) is 0 Å². The molecule has 8 heteroatoms. The summed E-state index contributed by atoms with van der Waals surface area (Å²) in [6.45, 7) is 1.36. The summed E-state index contributed by atoms with van der Waals surface area (Å²) >= 11 is 0.953. The van der Waals surface area contributed by atoms with Gasteiger partial charge in [0, 0.05) is 11.1 Å². The number of benzene rings is 2. The second kappa shape index (κ2) is 6.90. The molecule has 2 aromatic carbocycles. The van der Waals surface area contributed by atoms with E-state index in [0.717, 1.165) is 22.1 Å². The first kappa shape index (κ1) is 17.9. The molecule has 0 unspecified atom stereocenters. The number of carboxylic acid groups (broad SMARTS) is 1. The van der Waals surface area contributed by atoms with Crippen LogP contribution < -0.4 is 10.9 Å². The van der Waals surface area contributed by atoms with Crippen molar-refractivity contribution in [3.63, 3.8) is 0 Å². The monoisotopic (exact) mass is 393 g/mol. The quantitative estimate of drug-likeness (QED) is 0.554. The van der Waals surface area contributed by atoms with Crippen LogP contribution in [0.15, 0.2) is 53.6 Å². The van der Waals surface area contributed by atoms with E-state index in [1.165, 1.54) is 10.9 Å². The van der Waals surface area contributed by atoms with E-state index in [0.29, 0.717) is 16.1 Å². The number of aromatic nitrogens is 2. The number of amides is 1. The molecule has 0 bridgehead atoms. The van der Waals surface area contributed by atoms with Gasteiger partial charge in [-0.15, -0.1) is 11.3 Å². The minimum atomic E-state index is -1.10. The number of aromatic carboxylic acids is 1. The molecule has 0 aliphatic carbocycles. The lowest BCUT2D eigenvalue weighted by molar-refractivity contribution is -0.116. The number of carbonyl (C=O) groups is 2. The van der Waals surface area contributed by atoms with Crippen molar-refractivity contribution in [1.29, 1.82) is 0 Å². The first-order valence-electron chi connectivity index (χ1n) is 8.45. The van der Waals surface area contributed by atoms with Gasteiger partial charge >= 0.3 is 5.97 Å². The smallest absolute Gasteiger partial charge is 0.346 e. The number of rotatable bonds is 4. The molecular formula is C20H15N3O4S. The molecule has 140 valence electrons. The lowest BCUT2D eigenvalue weighted by Crippen LogP contribution is -2.28. The van der Waals surface area contributed by atoms with Gasteiger partial charge in [-0.25, -0.2) is 9.78 Å². The Hall–Kier alpha value is -3.52. The van der Waals surface area contributed by atoms with Crippen LogP contribution in [-0.4, -0.2) is 26.5 Å². The number of anilines is 1. The molecule has 2 aromatic heterocycles. The average molecular weight is 393 g/mol. The molecule has 4 rings (SSSR count). The molecule has 0 atom stereocenters. The zero-order valence-corrected chi connectivity index (χ0v) is 15.6. The number of thiophene rings is 1. The van der Waals surface area contributed by atoms with Crippen molar-refractivity contribution in [2.45, 2.75) is 13.5 Å². The molecule has 0 aliphatic heterocycles. The Kier molecular flexibility index (Phi) is 4.40. The molecule has 0 aliphatic rings. The Morgan fingerprint density at radius 3 is 2.71 bits per heavy atom. The largest absolute Gasteiger partial charge is 0.477 e. The first-order valence-corrected chi connectivity index (χ1v) is 9.27. The maximum atomic E-state index is 12.7. The number of carboxylic acids is 1. The molecule has 1 amide bonds. The normalized spacial score (nSPS) is 11.0. The van der Waals surface area contributed by atoms with E-state index < -0.39 is 11.5 Å². The summed E-state index contributed by atoms with van der Waals surface area (Å²) in [5.74, 6) is -1.47.